The minimum Gasteiger partial charge on any atom is -0.240 e. The van der Waals surface area contributed by atoms with Gasteiger partial charge in [0.15, 0.2) is 0 Å². The van der Waals surface area contributed by atoms with E-state index in [1.54, 1.807) is 30.3 Å². The quantitative estimate of drug-likeness (QED) is 0.604. The van der Waals surface area contributed by atoms with Gasteiger partial charge in [-0.25, -0.2) is 9.13 Å². The van der Waals surface area contributed by atoms with Crippen LogP contribution in [0.25, 0.3) is 0 Å². The molecule has 0 bridgehead atoms. The van der Waals surface area contributed by atoms with E-state index >= 15 is 0 Å². The van der Waals surface area contributed by atoms with Crippen molar-refractivity contribution in [2.75, 3.05) is 0 Å². The molecule has 5 heteroatoms. The molecule has 1 rings (SSSR count). The summed E-state index contributed by atoms with van der Waals surface area (Å²) in [7, 11) is 1.77. The predicted octanol–water partition coefficient (Wildman–Crippen LogP) is 1.26. The lowest BCUT2D eigenvalue weighted by Crippen LogP contribution is -2.24. The topological polar surface area (TPSA) is 8.81 Å². The van der Waals surface area contributed by atoms with Gasteiger partial charge in [-0.3, -0.25) is 0 Å². The van der Waals surface area contributed by atoms with E-state index in [1.165, 1.54) is 4.57 Å². The van der Waals surface area contributed by atoms with Crippen molar-refractivity contribution in [3.05, 3.63) is 18.7 Å². The molecule has 1 heterocycles. The lowest BCUT2D eigenvalue weighted by atomic mass is 10.4. The average Bonchev–Trinajstić information content (AvgIpc) is 2.30. The Kier molecular flexibility index (Phi) is 2.40. The van der Waals surface area contributed by atoms with Gasteiger partial charge in [0.25, 0.3) is 0 Å². The highest BCUT2D eigenvalue weighted by atomic mass is 19.4. The van der Waals surface area contributed by atoms with Crippen LogP contribution in [0.3, 0.4) is 0 Å². The summed E-state index contributed by atoms with van der Waals surface area (Å²) < 4.78 is 38.4. The molecule has 0 saturated carbocycles. The summed E-state index contributed by atoms with van der Waals surface area (Å²) in [6, 6.07) is 0. The largest absolute Gasteiger partial charge is 0.392 e. The highest BCUT2D eigenvalue weighted by Gasteiger charge is 2.27. The zero-order chi connectivity index (χ0) is 9.19. The summed E-state index contributed by atoms with van der Waals surface area (Å²) in [5, 5.41) is 0. The van der Waals surface area contributed by atoms with Gasteiger partial charge in [0.05, 0.1) is 20.0 Å². The Hall–Kier alpha value is -1.00. The Bertz CT molecular complexity index is 251. The first kappa shape index (κ1) is 9.09. The van der Waals surface area contributed by atoms with Crippen molar-refractivity contribution in [3.8, 4) is 0 Å². The van der Waals surface area contributed by atoms with Gasteiger partial charge in [0.2, 0.25) is 6.33 Å². The molecule has 0 radical (unpaired) electrons. The van der Waals surface area contributed by atoms with Gasteiger partial charge in [0, 0.05) is 0 Å². The van der Waals surface area contributed by atoms with Gasteiger partial charge < -0.3 is 0 Å². The zero-order valence-corrected chi connectivity index (χ0v) is 6.67. The molecule has 0 spiro atoms. The molecule has 0 unspecified atom stereocenters. The molecule has 1 aromatic rings. The molecule has 0 aliphatic rings. The Balaban J connectivity index is 2.44. The van der Waals surface area contributed by atoms with E-state index in [-0.39, 0.29) is 6.54 Å². The van der Waals surface area contributed by atoms with Crippen LogP contribution in [-0.2, 0) is 13.6 Å². The molecule has 0 saturated heterocycles. The summed E-state index contributed by atoms with van der Waals surface area (Å²) in [6.45, 7) is -0.00958. The lowest BCUT2D eigenvalue weighted by Gasteiger charge is -2.02. The van der Waals surface area contributed by atoms with Crippen LogP contribution < -0.4 is 4.57 Å². The van der Waals surface area contributed by atoms with E-state index in [0.29, 0.717) is 0 Å². The van der Waals surface area contributed by atoms with Crippen LogP contribution in [0.1, 0.15) is 6.42 Å². The standard InChI is InChI=1S/C7H10F3N2/c1-11-4-5-12(6-11)3-2-7(8,9)10/h4-6H,2-3H2,1H3/q+1. The van der Waals surface area contributed by atoms with E-state index in [0.717, 1.165) is 0 Å². The second-order valence-electron chi connectivity index (χ2n) is 2.68. The second kappa shape index (κ2) is 3.16. The molecule has 0 atom stereocenters. The molecule has 0 N–H and O–H groups in total. The van der Waals surface area contributed by atoms with Crippen molar-refractivity contribution < 1.29 is 17.7 Å². The van der Waals surface area contributed by atoms with Crippen molar-refractivity contribution >= 4 is 0 Å². The van der Waals surface area contributed by atoms with E-state index in [2.05, 4.69) is 0 Å². The summed E-state index contributed by atoms with van der Waals surface area (Å²) >= 11 is 0. The van der Waals surface area contributed by atoms with Crippen LogP contribution in [0.4, 0.5) is 13.2 Å². The highest BCUT2D eigenvalue weighted by Crippen LogP contribution is 2.19. The monoisotopic (exact) mass is 179 g/mol. The average molecular weight is 179 g/mol. The maximum absolute atomic E-state index is 11.7. The molecule has 0 aliphatic carbocycles. The van der Waals surface area contributed by atoms with Crippen LogP contribution >= 0.6 is 0 Å². The first-order valence-electron chi connectivity index (χ1n) is 3.55. The van der Waals surface area contributed by atoms with Crippen molar-refractivity contribution in [1.82, 2.24) is 4.57 Å². The molecule has 12 heavy (non-hydrogen) atoms. The van der Waals surface area contributed by atoms with E-state index < -0.39 is 12.6 Å². The molecular weight excluding hydrogens is 169 g/mol. The Labute approximate surface area is 68.2 Å². The van der Waals surface area contributed by atoms with E-state index in [1.807, 2.05) is 0 Å². The summed E-state index contributed by atoms with van der Waals surface area (Å²) in [4.78, 5) is 0. The minimum absolute atomic E-state index is 0.00958. The first-order chi connectivity index (χ1) is 5.47. The fourth-order valence-corrected chi connectivity index (χ4v) is 0.890. The summed E-state index contributed by atoms with van der Waals surface area (Å²) in [6.07, 6.45) is 0.0956. The van der Waals surface area contributed by atoms with Gasteiger partial charge in [0.1, 0.15) is 12.4 Å². The van der Waals surface area contributed by atoms with Gasteiger partial charge in [-0.15, -0.1) is 0 Å². The first-order valence-corrected chi connectivity index (χ1v) is 3.55. The van der Waals surface area contributed by atoms with Gasteiger partial charge in [-0.05, 0) is 0 Å². The maximum atomic E-state index is 11.7. The number of halogens is 3. The van der Waals surface area contributed by atoms with Crippen molar-refractivity contribution in [2.24, 2.45) is 7.05 Å². The minimum atomic E-state index is -4.07. The van der Waals surface area contributed by atoms with Crippen LogP contribution in [0.5, 0.6) is 0 Å². The van der Waals surface area contributed by atoms with Crippen molar-refractivity contribution in [3.63, 3.8) is 0 Å². The third-order valence-corrected chi connectivity index (χ3v) is 1.48. The van der Waals surface area contributed by atoms with Crippen LogP contribution in [0, 0.1) is 0 Å². The normalized spacial score (nSPS) is 12.0. The number of nitrogens with zero attached hydrogens (tertiary/aromatic N) is 2. The fraction of sp³-hybridized carbons (Fsp3) is 0.571. The van der Waals surface area contributed by atoms with E-state index in [4.69, 9.17) is 0 Å². The van der Waals surface area contributed by atoms with Gasteiger partial charge >= 0.3 is 6.18 Å². The molecule has 0 amide bonds. The lowest BCUT2D eigenvalue weighted by molar-refractivity contribution is -0.671. The van der Waals surface area contributed by atoms with Crippen molar-refractivity contribution in [1.29, 1.82) is 0 Å². The summed E-state index contributed by atoms with van der Waals surface area (Å²) in [5.74, 6) is 0. The smallest absolute Gasteiger partial charge is 0.240 e. The number of imidazole rings is 1. The number of hydrogen-bond donors (Lipinski definition) is 0. The number of hydrogen-bond acceptors (Lipinski definition) is 0. The van der Waals surface area contributed by atoms with Crippen LogP contribution in [0.2, 0.25) is 0 Å². The molecule has 68 valence electrons. The van der Waals surface area contributed by atoms with Gasteiger partial charge in [-0.2, -0.15) is 13.2 Å². The second-order valence-corrected chi connectivity index (χ2v) is 2.68. The molecule has 0 fully saturated rings. The molecular formula is C7H10F3N2+. The number of aromatic nitrogens is 2. The number of aryl methyl sites for hydroxylation is 2. The summed E-state index contributed by atoms with van der Waals surface area (Å²) in [5.41, 5.74) is 0. The number of rotatable bonds is 2. The Morgan fingerprint density at radius 2 is 2.08 bits per heavy atom. The third kappa shape index (κ3) is 2.94. The maximum Gasteiger partial charge on any atom is 0.392 e. The van der Waals surface area contributed by atoms with Crippen molar-refractivity contribution in [2.45, 2.75) is 19.1 Å². The van der Waals surface area contributed by atoms with Crippen LogP contribution in [0.15, 0.2) is 18.7 Å². The van der Waals surface area contributed by atoms with Gasteiger partial charge in [-0.1, -0.05) is 0 Å². The third-order valence-electron chi connectivity index (χ3n) is 1.48. The van der Waals surface area contributed by atoms with E-state index in [9.17, 15) is 13.2 Å². The molecule has 1 aromatic heterocycles. The Morgan fingerprint density at radius 1 is 1.42 bits per heavy atom. The van der Waals surface area contributed by atoms with Crippen LogP contribution in [-0.4, -0.2) is 10.7 Å². The Morgan fingerprint density at radius 3 is 2.50 bits per heavy atom. The predicted molar refractivity (Wildman–Crippen MR) is 36.3 cm³/mol. The fourth-order valence-electron chi connectivity index (χ4n) is 0.890. The molecule has 2 nitrogen and oxygen atoms in total. The molecule has 0 aromatic carbocycles. The molecule has 0 aliphatic heterocycles. The zero-order valence-electron chi connectivity index (χ0n) is 6.67. The highest BCUT2D eigenvalue weighted by molar-refractivity contribution is 4.66. The number of alkyl halides is 3. The SMILES string of the molecule is C[n+]1ccn(CCC(F)(F)F)c1.